The zero-order chi connectivity index (χ0) is 24.3. The lowest BCUT2D eigenvalue weighted by atomic mass is 10.0. The summed E-state index contributed by atoms with van der Waals surface area (Å²) in [5.41, 5.74) is -0.0891. The van der Waals surface area contributed by atoms with Crippen molar-refractivity contribution in [3.63, 3.8) is 0 Å². The van der Waals surface area contributed by atoms with Crippen LogP contribution in [-0.2, 0) is 14.3 Å². The number of hydrogen-bond donors (Lipinski definition) is 0. The third kappa shape index (κ3) is 14.3. The summed E-state index contributed by atoms with van der Waals surface area (Å²) in [5, 5.41) is 10.7. The van der Waals surface area contributed by atoms with E-state index in [-0.39, 0.29) is 11.4 Å². The van der Waals surface area contributed by atoms with Crippen LogP contribution in [0.2, 0.25) is 0 Å². The summed E-state index contributed by atoms with van der Waals surface area (Å²) < 4.78 is 10.4. The summed E-state index contributed by atoms with van der Waals surface area (Å²) in [6, 6.07) is 5.23. The highest BCUT2D eigenvalue weighted by Gasteiger charge is 2.23. The zero-order valence-corrected chi connectivity index (χ0v) is 20.4. The number of non-ortho nitro benzene ring substituents is 1. The van der Waals surface area contributed by atoms with Crippen molar-refractivity contribution in [1.82, 2.24) is 0 Å². The van der Waals surface area contributed by atoms with Gasteiger partial charge in [0.05, 0.1) is 4.92 Å². The van der Waals surface area contributed by atoms with E-state index in [2.05, 4.69) is 6.92 Å². The van der Waals surface area contributed by atoms with Crippen molar-refractivity contribution in [3.05, 3.63) is 34.4 Å². The van der Waals surface area contributed by atoms with Gasteiger partial charge in [0.25, 0.3) is 5.69 Å². The number of nitro benzene ring substituents is 1. The zero-order valence-electron chi connectivity index (χ0n) is 20.4. The summed E-state index contributed by atoms with van der Waals surface area (Å²) >= 11 is 0. The monoisotopic (exact) mass is 463 g/mol. The first-order chi connectivity index (χ1) is 15.9. The molecule has 0 amide bonds. The Kier molecular flexibility index (Phi) is 15.6. The lowest BCUT2D eigenvalue weighted by Crippen LogP contribution is -2.30. The largest absolute Gasteiger partial charge is 0.451 e. The Morgan fingerprint density at radius 1 is 0.818 bits per heavy atom. The molecule has 0 radical (unpaired) electrons. The van der Waals surface area contributed by atoms with Crippen molar-refractivity contribution >= 4 is 17.6 Å². The van der Waals surface area contributed by atoms with Crippen LogP contribution in [0, 0.1) is 10.1 Å². The minimum absolute atomic E-state index is 0.0891. The van der Waals surface area contributed by atoms with E-state index in [1.165, 1.54) is 102 Å². The molecule has 0 N–H and O–H groups in total. The van der Waals surface area contributed by atoms with Gasteiger partial charge >= 0.3 is 11.9 Å². The van der Waals surface area contributed by atoms with Crippen LogP contribution in [0.15, 0.2) is 24.3 Å². The van der Waals surface area contributed by atoms with Crippen molar-refractivity contribution in [2.24, 2.45) is 0 Å². The minimum Gasteiger partial charge on any atom is -0.451 e. The third-order valence-corrected chi connectivity index (χ3v) is 5.66. The second kappa shape index (κ2) is 18.0. The molecule has 0 unspecified atom stereocenters. The number of benzene rings is 1. The lowest BCUT2D eigenvalue weighted by molar-refractivity contribution is -0.384. The van der Waals surface area contributed by atoms with Crippen LogP contribution in [-0.4, -0.2) is 23.0 Å². The van der Waals surface area contributed by atoms with Gasteiger partial charge in [-0.05, 0) is 25.0 Å². The molecule has 0 saturated carbocycles. The molecule has 33 heavy (non-hydrogen) atoms. The average molecular weight is 464 g/mol. The van der Waals surface area contributed by atoms with E-state index >= 15 is 0 Å². The molecule has 0 fully saturated rings. The van der Waals surface area contributed by atoms with Crippen LogP contribution in [0.4, 0.5) is 5.69 Å². The maximum absolute atomic E-state index is 12.4. The van der Waals surface area contributed by atoms with Crippen LogP contribution in [0.3, 0.4) is 0 Å². The summed E-state index contributed by atoms with van der Waals surface area (Å²) in [6.45, 7) is 3.51. The van der Waals surface area contributed by atoms with E-state index in [9.17, 15) is 19.7 Å². The fraction of sp³-hybridized carbons (Fsp3) is 0.692. The maximum atomic E-state index is 12.4. The third-order valence-electron chi connectivity index (χ3n) is 5.66. The second-order valence-corrected chi connectivity index (χ2v) is 8.66. The van der Waals surface area contributed by atoms with Gasteiger partial charge in [-0.2, -0.15) is 0 Å². The van der Waals surface area contributed by atoms with E-state index in [0.717, 1.165) is 19.3 Å². The molecule has 1 atom stereocenters. The quantitative estimate of drug-likeness (QED) is 0.0702. The fourth-order valence-corrected chi connectivity index (χ4v) is 3.77. The fourth-order valence-electron chi connectivity index (χ4n) is 3.77. The summed E-state index contributed by atoms with van der Waals surface area (Å²) in [6.07, 6.45) is 16.8. The van der Waals surface area contributed by atoms with Gasteiger partial charge in [-0.3, -0.25) is 14.9 Å². The number of ether oxygens (including phenoxy) is 2. The number of nitro groups is 1. The predicted molar refractivity (Wildman–Crippen MR) is 129 cm³/mol. The normalized spacial score (nSPS) is 11.7. The highest BCUT2D eigenvalue weighted by atomic mass is 16.6. The second-order valence-electron chi connectivity index (χ2n) is 8.66. The smallest absolute Gasteiger partial charge is 0.352 e. The molecule has 7 heteroatoms. The van der Waals surface area contributed by atoms with Gasteiger partial charge in [0.15, 0.2) is 6.10 Å². The van der Waals surface area contributed by atoms with Gasteiger partial charge in [-0.15, -0.1) is 0 Å². The molecular weight excluding hydrogens is 422 g/mol. The molecule has 0 heterocycles. The van der Waals surface area contributed by atoms with Crippen molar-refractivity contribution in [3.8, 4) is 5.75 Å². The van der Waals surface area contributed by atoms with Gasteiger partial charge in [0.2, 0.25) is 0 Å². The Bertz CT molecular complexity index is 689. The van der Waals surface area contributed by atoms with Gasteiger partial charge in [0.1, 0.15) is 5.75 Å². The molecule has 0 aromatic heterocycles. The molecule has 1 aromatic carbocycles. The number of unbranched alkanes of at least 4 members (excludes halogenated alkanes) is 13. The molecule has 0 saturated heterocycles. The molecule has 7 nitrogen and oxygen atoms in total. The van der Waals surface area contributed by atoms with Crippen LogP contribution in [0.1, 0.15) is 110 Å². The molecule has 186 valence electrons. The molecular formula is C26H41NO6. The van der Waals surface area contributed by atoms with Gasteiger partial charge in [-0.1, -0.05) is 90.4 Å². The van der Waals surface area contributed by atoms with Crippen molar-refractivity contribution in [2.75, 3.05) is 0 Å². The van der Waals surface area contributed by atoms with Gasteiger partial charge in [0, 0.05) is 19.1 Å². The number of hydrogen-bond acceptors (Lipinski definition) is 6. The lowest BCUT2D eigenvalue weighted by Gasteiger charge is -2.15. The van der Waals surface area contributed by atoms with Crippen LogP contribution < -0.4 is 4.74 Å². The SMILES string of the molecule is CCCCCCCCCCCCCCCC[C@@H](OC(C)=O)C(=O)Oc1ccc([N+](=O)[O-])cc1. The number of carbonyl (C=O) groups excluding carboxylic acids is 2. The maximum Gasteiger partial charge on any atom is 0.352 e. The standard InChI is InChI=1S/C26H41NO6/c1-3-4-5-6-7-8-9-10-11-12-13-14-15-16-17-25(32-22(2)28)26(29)33-24-20-18-23(19-21-24)27(30)31/h18-21,25H,3-17H2,1-2H3/t25-/m1/s1. The van der Waals surface area contributed by atoms with Crippen LogP contribution in [0.5, 0.6) is 5.75 Å². The van der Waals surface area contributed by atoms with Crippen molar-refractivity contribution < 1.29 is 24.0 Å². The Labute approximate surface area is 198 Å². The number of nitrogens with zero attached hydrogens (tertiary/aromatic N) is 1. The predicted octanol–water partition coefficient (Wildman–Crippen LogP) is 7.30. The van der Waals surface area contributed by atoms with Gasteiger partial charge in [-0.25, -0.2) is 4.79 Å². The van der Waals surface area contributed by atoms with E-state index < -0.39 is 23.0 Å². The average Bonchev–Trinajstić information content (AvgIpc) is 2.78. The molecule has 1 aromatic rings. The Balaban J connectivity index is 2.18. The molecule has 1 rings (SSSR count). The molecule has 0 bridgehead atoms. The number of esters is 2. The minimum atomic E-state index is -0.963. The Morgan fingerprint density at radius 3 is 1.70 bits per heavy atom. The van der Waals surface area contributed by atoms with E-state index in [4.69, 9.17) is 9.47 Å². The molecule has 0 aliphatic rings. The molecule has 0 aliphatic heterocycles. The number of rotatable bonds is 19. The van der Waals surface area contributed by atoms with E-state index in [1.807, 2.05) is 0 Å². The molecule has 0 aliphatic carbocycles. The van der Waals surface area contributed by atoms with E-state index in [1.54, 1.807) is 0 Å². The number of carbonyl (C=O) groups is 2. The Hall–Kier alpha value is -2.44. The highest BCUT2D eigenvalue weighted by molar-refractivity contribution is 5.80. The first kappa shape index (κ1) is 28.6. The van der Waals surface area contributed by atoms with Crippen LogP contribution in [0.25, 0.3) is 0 Å². The summed E-state index contributed by atoms with van der Waals surface area (Å²) in [4.78, 5) is 34.0. The Morgan fingerprint density at radius 2 is 1.27 bits per heavy atom. The van der Waals surface area contributed by atoms with E-state index in [0.29, 0.717) is 6.42 Å². The molecule has 0 spiro atoms. The van der Waals surface area contributed by atoms with Crippen molar-refractivity contribution in [2.45, 2.75) is 116 Å². The van der Waals surface area contributed by atoms with Crippen molar-refractivity contribution in [1.29, 1.82) is 0 Å². The topological polar surface area (TPSA) is 95.7 Å². The highest BCUT2D eigenvalue weighted by Crippen LogP contribution is 2.19. The van der Waals surface area contributed by atoms with Gasteiger partial charge < -0.3 is 9.47 Å². The first-order valence-corrected chi connectivity index (χ1v) is 12.6. The first-order valence-electron chi connectivity index (χ1n) is 12.6. The van der Waals surface area contributed by atoms with Crippen LogP contribution >= 0.6 is 0 Å². The summed E-state index contributed by atoms with van der Waals surface area (Å²) in [7, 11) is 0. The summed E-state index contributed by atoms with van der Waals surface area (Å²) in [5.74, 6) is -1.01.